The number of thiocarbonyl (C=S) groups is 1. The number of sulfonamides is 1. The van der Waals surface area contributed by atoms with Crippen molar-refractivity contribution in [1.29, 1.82) is 0 Å². The van der Waals surface area contributed by atoms with Crippen molar-refractivity contribution < 1.29 is 8.42 Å². The minimum absolute atomic E-state index is 0.0244. The summed E-state index contributed by atoms with van der Waals surface area (Å²) in [5.41, 5.74) is 3.41. The van der Waals surface area contributed by atoms with Gasteiger partial charge in [0, 0.05) is 19.8 Å². The third kappa shape index (κ3) is 5.15. The Kier molecular flexibility index (Phi) is 5.99. The van der Waals surface area contributed by atoms with Gasteiger partial charge in [0.05, 0.1) is 16.3 Å². The minimum Gasteiger partial charge on any atom is -0.376 e. The van der Waals surface area contributed by atoms with Gasteiger partial charge in [-0.2, -0.15) is 0 Å². The fraction of sp³-hybridized carbons (Fsp3) is 0.235. The lowest BCUT2D eigenvalue weighted by Gasteiger charge is -2.20. The zero-order valence-electron chi connectivity index (χ0n) is 14.4. The van der Waals surface area contributed by atoms with E-state index in [1.54, 1.807) is 6.07 Å². The summed E-state index contributed by atoms with van der Waals surface area (Å²) < 4.78 is 23.2. The van der Waals surface area contributed by atoms with Crippen LogP contribution in [-0.2, 0) is 16.4 Å². The van der Waals surface area contributed by atoms with E-state index in [2.05, 4.69) is 17.6 Å². The molecule has 134 valence electrons. The number of benzene rings is 2. The fourth-order valence-corrected chi connectivity index (χ4v) is 3.10. The number of primary sulfonamides is 1. The van der Waals surface area contributed by atoms with E-state index in [9.17, 15) is 8.42 Å². The SMILES string of the molecule is CCc1cccc(NC(=S)Nc2cc(S(N)(=O)=O)ccc2N(C)C)c1. The highest BCUT2D eigenvalue weighted by molar-refractivity contribution is 7.89. The summed E-state index contributed by atoms with van der Waals surface area (Å²) in [6.07, 6.45) is 0.927. The summed E-state index contributed by atoms with van der Waals surface area (Å²) in [6, 6.07) is 12.6. The molecule has 0 amide bonds. The van der Waals surface area contributed by atoms with Gasteiger partial charge in [-0.15, -0.1) is 0 Å². The van der Waals surface area contributed by atoms with Crippen molar-refractivity contribution in [3.8, 4) is 0 Å². The molecule has 2 aromatic rings. The van der Waals surface area contributed by atoms with Gasteiger partial charge in [0.1, 0.15) is 0 Å². The van der Waals surface area contributed by atoms with Gasteiger partial charge >= 0.3 is 0 Å². The Morgan fingerprint density at radius 3 is 2.48 bits per heavy atom. The van der Waals surface area contributed by atoms with Gasteiger partial charge in [0.15, 0.2) is 5.11 Å². The van der Waals surface area contributed by atoms with Crippen LogP contribution in [-0.4, -0.2) is 27.6 Å². The molecule has 0 atom stereocenters. The number of hydrogen-bond donors (Lipinski definition) is 3. The van der Waals surface area contributed by atoms with Crippen LogP contribution in [0.1, 0.15) is 12.5 Å². The van der Waals surface area contributed by atoms with Gasteiger partial charge in [-0.3, -0.25) is 0 Å². The number of aryl methyl sites for hydroxylation is 1. The van der Waals surface area contributed by atoms with Crippen molar-refractivity contribution in [2.75, 3.05) is 29.6 Å². The number of nitrogens with zero attached hydrogens (tertiary/aromatic N) is 1. The van der Waals surface area contributed by atoms with Crippen molar-refractivity contribution in [1.82, 2.24) is 0 Å². The second kappa shape index (κ2) is 7.81. The van der Waals surface area contributed by atoms with E-state index in [-0.39, 0.29) is 4.90 Å². The predicted molar refractivity (Wildman–Crippen MR) is 108 cm³/mol. The summed E-state index contributed by atoms with van der Waals surface area (Å²) in [5, 5.41) is 11.7. The van der Waals surface area contributed by atoms with E-state index in [0.29, 0.717) is 10.8 Å². The second-order valence-corrected chi connectivity index (χ2v) is 7.72. The molecule has 25 heavy (non-hydrogen) atoms. The van der Waals surface area contributed by atoms with E-state index in [1.807, 2.05) is 43.3 Å². The summed E-state index contributed by atoms with van der Waals surface area (Å²) >= 11 is 5.36. The Hall–Kier alpha value is -2.16. The van der Waals surface area contributed by atoms with Crippen LogP contribution in [0.2, 0.25) is 0 Å². The number of rotatable bonds is 5. The lowest BCUT2D eigenvalue weighted by molar-refractivity contribution is 0.598. The molecule has 2 rings (SSSR count). The third-order valence-electron chi connectivity index (χ3n) is 3.62. The highest BCUT2D eigenvalue weighted by Crippen LogP contribution is 2.27. The number of anilines is 3. The maximum atomic E-state index is 11.6. The monoisotopic (exact) mass is 378 g/mol. The highest BCUT2D eigenvalue weighted by atomic mass is 32.2. The zero-order valence-corrected chi connectivity index (χ0v) is 16.0. The van der Waals surface area contributed by atoms with Gasteiger partial charge in [-0.25, -0.2) is 13.6 Å². The van der Waals surface area contributed by atoms with Crippen LogP contribution in [0.15, 0.2) is 47.4 Å². The molecule has 4 N–H and O–H groups in total. The Bertz CT molecular complexity index is 880. The van der Waals surface area contributed by atoms with Crippen molar-refractivity contribution in [3.63, 3.8) is 0 Å². The Morgan fingerprint density at radius 1 is 1.16 bits per heavy atom. The molecule has 0 aliphatic rings. The smallest absolute Gasteiger partial charge is 0.238 e. The average Bonchev–Trinajstić information content (AvgIpc) is 2.53. The van der Waals surface area contributed by atoms with Gasteiger partial charge in [0.25, 0.3) is 0 Å². The zero-order chi connectivity index (χ0) is 18.6. The largest absolute Gasteiger partial charge is 0.376 e. The molecule has 0 heterocycles. The van der Waals surface area contributed by atoms with E-state index < -0.39 is 10.0 Å². The molecule has 8 heteroatoms. The van der Waals surface area contributed by atoms with Crippen LogP contribution in [0.4, 0.5) is 17.1 Å². The van der Waals surface area contributed by atoms with E-state index in [4.69, 9.17) is 17.4 Å². The van der Waals surface area contributed by atoms with Crippen LogP contribution in [0.5, 0.6) is 0 Å². The van der Waals surface area contributed by atoms with Gasteiger partial charge in [-0.1, -0.05) is 19.1 Å². The van der Waals surface area contributed by atoms with Gasteiger partial charge < -0.3 is 15.5 Å². The summed E-state index contributed by atoms with van der Waals surface area (Å²) in [5.74, 6) is 0. The first-order valence-corrected chi connectivity index (χ1v) is 9.67. The molecule has 0 fully saturated rings. The summed E-state index contributed by atoms with van der Waals surface area (Å²) in [7, 11) is -0.0748. The molecule has 2 aromatic carbocycles. The quantitative estimate of drug-likeness (QED) is 0.694. The van der Waals surface area contributed by atoms with Gasteiger partial charge in [0.2, 0.25) is 10.0 Å². The number of nitrogens with two attached hydrogens (primary N) is 1. The fourth-order valence-electron chi connectivity index (χ4n) is 2.34. The Morgan fingerprint density at radius 2 is 1.88 bits per heavy atom. The molecule has 0 aliphatic carbocycles. The van der Waals surface area contributed by atoms with E-state index in [1.165, 1.54) is 17.7 Å². The summed E-state index contributed by atoms with van der Waals surface area (Å²) in [6.45, 7) is 2.08. The standard InChI is InChI=1S/C17H22N4O2S2/c1-4-12-6-5-7-13(10-12)19-17(24)20-15-11-14(25(18,22)23)8-9-16(15)21(2)3/h5-11H,4H2,1-3H3,(H2,18,22,23)(H2,19,20,24). The van der Waals surface area contributed by atoms with Crippen LogP contribution >= 0.6 is 12.2 Å². The van der Waals surface area contributed by atoms with E-state index in [0.717, 1.165) is 17.8 Å². The molecule has 0 saturated carbocycles. The second-order valence-electron chi connectivity index (χ2n) is 5.75. The lowest BCUT2D eigenvalue weighted by atomic mass is 10.1. The Labute approximate surface area is 154 Å². The maximum Gasteiger partial charge on any atom is 0.238 e. The molecular formula is C17H22N4O2S2. The van der Waals surface area contributed by atoms with Crippen LogP contribution in [0.3, 0.4) is 0 Å². The molecule has 0 aromatic heterocycles. The normalized spacial score (nSPS) is 11.0. The highest BCUT2D eigenvalue weighted by Gasteiger charge is 2.13. The first-order valence-electron chi connectivity index (χ1n) is 7.72. The Balaban J connectivity index is 2.26. The van der Waals surface area contributed by atoms with Crippen molar-refractivity contribution in [3.05, 3.63) is 48.0 Å². The predicted octanol–water partition coefficient (Wildman–Crippen LogP) is 2.77. The topological polar surface area (TPSA) is 87.5 Å². The average molecular weight is 379 g/mol. The molecule has 0 spiro atoms. The van der Waals surface area contributed by atoms with E-state index >= 15 is 0 Å². The minimum atomic E-state index is -3.79. The lowest BCUT2D eigenvalue weighted by Crippen LogP contribution is -2.22. The number of hydrogen-bond acceptors (Lipinski definition) is 4. The third-order valence-corrected chi connectivity index (χ3v) is 4.73. The molecule has 6 nitrogen and oxygen atoms in total. The van der Waals surface area contributed by atoms with Crippen molar-refractivity contribution >= 4 is 44.4 Å². The van der Waals surface area contributed by atoms with Crippen LogP contribution < -0.4 is 20.7 Å². The molecule has 0 saturated heterocycles. The van der Waals surface area contributed by atoms with Crippen LogP contribution in [0, 0.1) is 0 Å². The first-order chi connectivity index (χ1) is 11.7. The van der Waals surface area contributed by atoms with Gasteiger partial charge in [-0.05, 0) is 54.5 Å². The summed E-state index contributed by atoms with van der Waals surface area (Å²) in [4.78, 5) is 1.88. The van der Waals surface area contributed by atoms with Crippen molar-refractivity contribution in [2.45, 2.75) is 18.2 Å². The molecule has 0 unspecified atom stereocenters. The maximum absolute atomic E-state index is 11.6. The van der Waals surface area contributed by atoms with Crippen LogP contribution in [0.25, 0.3) is 0 Å². The van der Waals surface area contributed by atoms with Crippen molar-refractivity contribution in [2.24, 2.45) is 5.14 Å². The number of nitrogens with one attached hydrogen (secondary N) is 2. The first kappa shape index (κ1) is 19.2. The molecule has 0 aliphatic heterocycles. The molecule has 0 bridgehead atoms. The molecular weight excluding hydrogens is 356 g/mol. The molecule has 0 radical (unpaired) electrons.